The van der Waals surface area contributed by atoms with Crippen molar-refractivity contribution in [2.45, 2.75) is 6.42 Å². The van der Waals surface area contributed by atoms with E-state index in [0.29, 0.717) is 5.56 Å². The molecule has 0 saturated carbocycles. The van der Waals surface area contributed by atoms with Crippen molar-refractivity contribution < 1.29 is 18.0 Å². The number of carbonyl (C=O) groups excluding carboxylic acids is 1. The number of hydrogen-bond acceptors (Lipinski definition) is 1. The fourth-order valence-corrected chi connectivity index (χ4v) is 1.68. The van der Waals surface area contributed by atoms with Gasteiger partial charge in [0, 0.05) is 6.42 Å². The first-order valence-electron chi connectivity index (χ1n) is 5.29. The number of rotatable bonds is 3. The topological polar surface area (TPSA) is 17.1 Å². The van der Waals surface area contributed by atoms with E-state index in [2.05, 4.69) is 0 Å². The van der Waals surface area contributed by atoms with Crippen LogP contribution >= 0.6 is 0 Å². The first-order chi connectivity index (χ1) is 8.58. The summed E-state index contributed by atoms with van der Waals surface area (Å²) >= 11 is 0. The van der Waals surface area contributed by atoms with E-state index in [1.807, 2.05) is 0 Å². The molecule has 0 radical (unpaired) electrons. The van der Waals surface area contributed by atoms with Crippen LogP contribution in [0.25, 0.3) is 0 Å². The molecular formula is C14H9F3O. The zero-order valence-electron chi connectivity index (χ0n) is 9.29. The van der Waals surface area contributed by atoms with E-state index >= 15 is 0 Å². The molecule has 0 fully saturated rings. The van der Waals surface area contributed by atoms with Crippen LogP contribution < -0.4 is 0 Å². The Kier molecular flexibility index (Phi) is 3.46. The van der Waals surface area contributed by atoms with Crippen molar-refractivity contribution in [2.75, 3.05) is 0 Å². The molecule has 2 aromatic rings. The molecule has 0 N–H and O–H groups in total. The summed E-state index contributed by atoms with van der Waals surface area (Å²) < 4.78 is 39.6. The molecule has 0 spiro atoms. The molecule has 4 heteroatoms. The maximum atomic E-state index is 13.3. The lowest BCUT2D eigenvalue weighted by Crippen LogP contribution is -2.09. The normalized spacial score (nSPS) is 10.4. The van der Waals surface area contributed by atoms with Gasteiger partial charge in [-0.05, 0) is 29.8 Å². The zero-order valence-corrected chi connectivity index (χ0v) is 9.29. The van der Waals surface area contributed by atoms with Crippen LogP contribution in [0.1, 0.15) is 15.9 Å². The molecule has 0 aliphatic heterocycles. The molecule has 92 valence electrons. The monoisotopic (exact) mass is 250 g/mol. The van der Waals surface area contributed by atoms with Gasteiger partial charge in [-0.1, -0.05) is 18.2 Å². The fraction of sp³-hybridized carbons (Fsp3) is 0.0714. The third-order valence-corrected chi connectivity index (χ3v) is 2.50. The molecule has 0 aromatic heterocycles. The molecule has 2 aromatic carbocycles. The molecule has 0 aliphatic rings. The van der Waals surface area contributed by atoms with E-state index < -0.39 is 28.8 Å². The second-order valence-corrected chi connectivity index (χ2v) is 3.83. The summed E-state index contributed by atoms with van der Waals surface area (Å²) in [6.07, 6.45) is -0.240. The van der Waals surface area contributed by atoms with Gasteiger partial charge in [0.1, 0.15) is 17.5 Å². The number of halogens is 3. The highest BCUT2D eigenvalue weighted by Gasteiger charge is 2.17. The minimum absolute atomic E-state index is 0.240. The Labute approximate surface area is 102 Å². The second kappa shape index (κ2) is 5.04. The lowest BCUT2D eigenvalue weighted by Gasteiger charge is -2.04. The van der Waals surface area contributed by atoms with E-state index in [-0.39, 0.29) is 6.42 Å². The smallest absolute Gasteiger partial charge is 0.173 e. The summed E-state index contributed by atoms with van der Waals surface area (Å²) in [5.41, 5.74) is -0.204. The van der Waals surface area contributed by atoms with Crippen LogP contribution in [0.2, 0.25) is 0 Å². The Morgan fingerprint density at radius 2 is 1.56 bits per heavy atom. The van der Waals surface area contributed by atoms with Gasteiger partial charge in [-0.25, -0.2) is 13.2 Å². The second-order valence-electron chi connectivity index (χ2n) is 3.83. The minimum Gasteiger partial charge on any atom is -0.294 e. The Morgan fingerprint density at radius 3 is 2.17 bits per heavy atom. The zero-order chi connectivity index (χ0) is 13.1. The van der Waals surface area contributed by atoms with Gasteiger partial charge < -0.3 is 0 Å². The van der Waals surface area contributed by atoms with Crippen molar-refractivity contribution in [3.63, 3.8) is 0 Å². The van der Waals surface area contributed by atoms with Crippen LogP contribution in [-0.2, 0) is 6.42 Å². The van der Waals surface area contributed by atoms with Gasteiger partial charge in [0.25, 0.3) is 0 Å². The van der Waals surface area contributed by atoms with Gasteiger partial charge in [-0.2, -0.15) is 0 Å². The molecule has 18 heavy (non-hydrogen) atoms. The van der Waals surface area contributed by atoms with Crippen molar-refractivity contribution in [1.82, 2.24) is 0 Å². The van der Waals surface area contributed by atoms with E-state index in [9.17, 15) is 18.0 Å². The molecule has 2 rings (SSSR count). The van der Waals surface area contributed by atoms with E-state index in [0.717, 1.165) is 18.2 Å². The van der Waals surface area contributed by atoms with Gasteiger partial charge in [0.2, 0.25) is 0 Å². The third kappa shape index (κ3) is 2.59. The van der Waals surface area contributed by atoms with E-state index in [1.54, 1.807) is 0 Å². The Balaban J connectivity index is 2.28. The fourth-order valence-electron chi connectivity index (χ4n) is 1.68. The van der Waals surface area contributed by atoms with Crippen molar-refractivity contribution in [1.29, 1.82) is 0 Å². The summed E-state index contributed by atoms with van der Waals surface area (Å²) in [6.45, 7) is 0. The minimum atomic E-state index is -0.906. The third-order valence-electron chi connectivity index (χ3n) is 2.50. The Hall–Kier alpha value is -2.10. The first-order valence-corrected chi connectivity index (χ1v) is 5.29. The van der Waals surface area contributed by atoms with Crippen LogP contribution in [-0.4, -0.2) is 5.78 Å². The Bertz CT molecular complexity index is 573. The van der Waals surface area contributed by atoms with Gasteiger partial charge in [-0.3, -0.25) is 4.79 Å². The average Bonchev–Trinajstić information content (AvgIpc) is 2.28. The lowest BCUT2D eigenvalue weighted by atomic mass is 10.0. The summed E-state index contributed by atoms with van der Waals surface area (Å²) in [6, 6.07) is 8.58. The summed E-state index contributed by atoms with van der Waals surface area (Å²) in [5.74, 6) is -3.02. The van der Waals surface area contributed by atoms with Crippen molar-refractivity contribution in [2.24, 2.45) is 0 Å². The predicted octanol–water partition coefficient (Wildman–Crippen LogP) is 3.53. The van der Waals surface area contributed by atoms with Gasteiger partial charge >= 0.3 is 0 Å². The number of carbonyl (C=O) groups is 1. The van der Waals surface area contributed by atoms with Gasteiger partial charge in [0.05, 0.1) is 5.56 Å². The number of ketones is 1. The maximum absolute atomic E-state index is 13.3. The SMILES string of the molecule is O=C(Cc1cccc(F)c1)c1c(F)cccc1F. The van der Waals surface area contributed by atoms with Crippen LogP contribution in [0, 0.1) is 17.5 Å². The van der Waals surface area contributed by atoms with Gasteiger partial charge in [0.15, 0.2) is 5.78 Å². The average molecular weight is 250 g/mol. The highest BCUT2D eigenvalue weighted by molar-refractivity contribution is 5.98. The molecule has 0 aliphatic carbocycles. The standard InChI is InChI=1S/C14H9F3O/c15-10-4-1-3-9(7-10)8-13(18)14-11(16)5-2-6-12(14)17/h1-7H,8H2. The van der Waals surface area contributed by atoms with E-state index in [1.165, 1.54) is 24.3 Å². The molecule has 0 unspecified atom stereocenters. The number of hydrogen-bond donors (Lipinski definition) is 0. The lowest BCUT2D eigenvalue weighted by molar-refractivity contribution is 0.0985. The molecule has 0 bridgehead atoms. The summed E-state index contributed by atoms with van der Waals surface area (Å²) in [4.78, 5) is 11.8. The summed E-state index contributed by atoms with van der Waals surface area (Å²) in [5, 5.41) is 0. The Morgan fingerprint density at radius 1 is 0.944 bits per heavy atom. The molecule has 0 saturated heterocycles. The van der Waals surface area contributed by atoms with Crippen LogP contribution in [0.15, 0.2) is 42.5 Å². The molecular weight excluding hydrogens is 241 g/mol. The van der Waals surface area contributed by atoms with Gasteiger partial charge in [-0.15, -0.1) is 0 Å². The largest absolute Gasteiger partial charge is 0.294 e. The van der Waals surface area contributed by atoms with Crippen LogP contribution in [0.3, 0.4) is 0 Å². The predicted molar refractivity (Wildman–Crippen MR) is 60.8 cm³/mol. The molecule has 0 amide bonds. The number of Topliss-reactive ketones (excluding diaryl/α,β-unsaturated/α-hetero) is 1. The number of benzene rings is 2. The first kappa shape index (κ1) is 12.4. The van der Waals surface area contributed by atoms with E-state index in [4.69, 9.17) is 0 Å². The summed E-state index contributed by atoms with van der Waals surface area (Å²) in [7, 11) is 0. The van der Waals surface area contributed by atoms with Crippen LogP contribution in [0.4, 0.5) is 13.2 Å². The highest BCUT2D eigenvalue weighted by Crippen LogP contribution is 2.15. The quantitative estimate of drug-likeness (QED) is 0.761. The molecule has 0 heterocycles. The molecule has 0 atom stereocenters. The van der Waals surface area contributed by atoms with Crippen molar-refractivity contribution >= 4 is 5.78 Å². The van der Waals surface area contributed by atoms with Crippen molar-refractivity contribution in [3.05, 3.63) is 71.0 Å². The van der Waals surface area contributed by atoms with Crippen molar-refractivity contribution in [3.8, 4) is 0 Å². The molecule has 1 nitrogen and oxygen atoms in total. The maximum Gasteiger partial charge on any atom is 0.173 e. The van der Waals surface area contributed by atoms with Crippen LogP contribution in [0.5, 0.6) is 0 Å². The highest BCUT2D eigenvalue weighted by atomic mass is 19.1.